The molecule has 2 rings (SSSR count). The Morgan fingerprint density at radius 3 is 2.26 bits per heavy atom. The Morgan fingerprint density at radius 2 is 1.78 bits per heavy atom. The van der Waals surface area contributed by atoms with E-state index in [2.05, 4.69) is 0 Å². The predicted molar refractivity (Wildman–Crippen MR) is 93.1 cm³/mol. The van der Waals surface area contributed by atoms with Crippen LogP contribution in [0.3, 0.4) is 0 Å². The molecule has 1 fully saturated rings. The summed E-state index contributed by atoms with van der Waals surface area (Å²) < 4.78 is 70.1. The van der Waals surface area contributed by atoms with Crippen LogP contribution in [0.2, 0.25) is 0 Å². The molecular weight excluding hydrogens is 414 g/mol. The molecule has 1 aromatic rings. The van der Waals surface area contributed by atoms with Crippen LogP contribution in [0.5, 0.6) is 0 Å². The van der Waals surface area contributed by atoms with Crippen molar-refractivity contribution < 1.29 is 31.5 Å². The molecule has 0 bridgehead atoms. The average molecular weight is 433 g/mol. The van der Waals surface area contributed by atoms with E-state index in [1.165, 1.54) is 6.08 Å². The number of esters is 1. The molecule has 2 atom stereocenters. The predicted octanol–water partition coefficient (Wildman–Crippen LogP) is 6.64. The highest BCUT2D eigenvalue weighted by Crippen LogP contribution is 2.60. The maximum absolute atomic E-state index is 13.9. The molecule has 0 N–H and O–H groups in total. The number of ether oxygens (including phenoxy) is 1. The molecular formula is C18H19Cl2F5O2. The summed E-state index contributed by atoms with van der Waals surface area (Å²) in [7, 11) is 0. The maximum Gasteiger partial charge on any atom is 0.422 e. The van der Waals surface area contributed by atoms with Crippen molar-refractivity contribution in [1.82, 2.24) is 0 Å². The van der Waals surface area contributed by atoms with Gasteiger partial charge >= 0.3 is 12.1 Å². The molecule has 1 aromatic carbocycles. The maximum atomic E-state index is 13.9. The molecule has 1 aliphatic carbocycles. The number of allylic oxidation sites excluding steroid dienone is 1. The number of hydrogen-bond donors (Lipinski definition) is 0. The molecule has 0 aliphatic heterocycles. The zero-order chi connectivity index (χ0) is 21.2. The fraction of sp³-hybridized carbons (Fsp3) is 0.500. The van der Waals surface area contributed by atoms with Gasteiger partial charge in [-0.25, -0.2) is 8.78 Å². The minimum atomic E-state index is -5.19. The van der Waals surface area contributed by atoms with Crippen molar-refractivity contribution in [1.29, 1.82) is 0 Å². The average Bonchev–Trinajstić information content (AvgIpc) is 3.06. The number of carbonyl (C=O) groups excluding carboxylic acids is 1. The highest BCUT2D eigenvalue weighted by atomic mass is 35.5. The summed E-state index contributed by atoms with van der Waals surface area (Å²) in [5.74, 6) is -5.15. The summed E-state index contributed by atoms with van der Waals surface area (Å²) in [4.78, 5) is 12.1. The largest absolute Gasteiger partial charge is 0.460 e. The van der Waals surface area contributed by atoms with Crippen molar-refractivity contribution in [2.24, 2.45) is 17.3 Å². The lowest BCUT2D eigenvalue weighted by Crippen LogP contribution is -2.15. The first-order valence-corrected chi connectivity index (χ1v) is 8.86. The molecule has 1 aliphatic rings. The van der Waals surface area contributed by atoms with Gasteiger partial charge in [-0.2, -0.15) is 13.2 Å². The lowest BCUT2D eigenvalue weighted by molar-refractivity contribution is -0.147. The summed E-state index contributed by atoms with van der Waals surface area (Å²) in [6.45, 7) is 6.78. The highest BCUT2D eigenvalue weighted by Gasteiger charge is 2.61. The first-order chi connectivity index (χ1) is 12.4. The minimum Gasteiger partial charge on any atom is -0.460 e. The second kappa shape index (κ2) is 8.78. The molecule has 152 valence electrons. The van der Waals surface area contributed by atoms with E-state index in [0.717, 1.165) is 6.07 Å². The normalized spacial score (nSPS) is 20.3. The van der Waals surface area contributed by atoms with E-state index in [9.17, 15) is 26.7 Å². The zero-order valence-electron chi connectivity index (χ0n) is 15.1. The van der Waals surface area contributed by atoms with E-state index in [1.54, 1.807) is 13.8 Å². The summed E-state index contributed by atoms with van der Waals surface area (Å²) in [6, 6.07) is 1.28. The van der Waals surface area contributed by atoms with Gasteiger partial charge in [-0.1, -0.05) is 50.9 Å². The van der Waals surface area contributed by atoms with Gasteiger partial charge < -0.3 is 4.74 Å². The Balaban J connectivity index is 0.00000176. The first-order valence-electron chi connectivity index (χ1n) is 8.11. The summed E-state index contributed by atoms with van der Waals surface area (Å²) in [5, 5.41) is 0. The van der Waals surface area contributed by atoms with Gasteiger partial charge in [-0.05, 0) is 29.5 Å². The van der Waals surface area contributed by atoms with Gasteiger partial charge in [0.1, 0.15) is 28.3 Å². The van der Waals surface area contributed by atoms with E-state index >= 15 is 0 Å². The van der Waals surface area contributed by atoms with Gasteiger partial charge in [0.2, 0.25) is 0 Å². The van der Waals surface area contributed by atoms with Crippen molar-refractivity contribution in [2.45, 2.75) is 40.5 Å². The molecule has 0 saturated heterocycles. The molecule has 0 aromatic heterocycles. The Hall–Kier alpha value is -1.34. The van der Waals surface area contributed by atoms with Gasteiger partial charge in [0.05, 0.1) is 5.92 Å². The molecule has 27 heavy (non-hydrogen) atoms. The summed E-state index contributed by atoms with van der Waals surface area (Å²) in [5.41, 5.74) is -3.07. The number of rotatable bonds is 4. The SMILES string of the molecule is CC.CC1(C)C(C=C(Cl)Cl)C1C(=O)OCc1ccc(F)c(C(F)(F)F)c1F. The van der Waals surface area contributed by atoms with E-state index in [1.807, 2.05) is 13.8 Å². The van der Waals surface area contributed by atoms with Gasteiger partial charge in [-0.15, -0.1) is 0 Å². The molecule has 2 unspecified atom stereocenters. The topological polar surface area (TPSA) is 26.3 Å². The number of benzene rings is 1. The van der Waals surface area contributed by atoms with E-state index in [0.29, 0.717) is 6.07 Å². The fourth-order valence-corrected chi connectivity index (χ4v) is 3.05. The van der Waals surface area contributed by atoms with Crippen LogP contribution in [0.4, 0.5) is 22.0 Å². The monoisotopic (exact) mass is 432 g/mol. The standard InChI is InChI=1S/C16H13Cl2F5O2.C2H6/c1-15(2)8(5-10(17)18)11(15)14(24)25-6-7-3-4-9(19)12(13(7)20)16(21,22)23;1-2/h3-5,8,11H,6H2,1-2H3;1-2H3. The second-order valence-corrected chi connectivity index (χ2v) is 7.29. The molecule has 0 heterocycles. The molecule has 2 nitrogen and oxygen atoms in total. The van der Waals surface area contributed by atoms with Crippen molar-refractivity contribution >= 4 is 29.2 Å². The zero-order valence-corrected chi connectivity index (χ0v) is 16.6. The Bertz CT molecular complexity index is 725. The van der Waals surface area contributed by atoms with Crippen molar-refractivity contribution in [2.75, 3.05) is 0 Å². The van der Waals surface area contributed by atoms with Crippen molar-refractivity contribution in [3.05, 3.63) is 45.5 Å². The van der Waals surface area contributed by atoms with Gasteiger partial charge in [0.15, 0.2) is 0 Å². The van der Waals surface area contributed by atoms with Crippen LogP contribution in [-0.4, -0.2) is 5.97 Å². The van der Waals surface area contributed by atoms with Crippen LogP contribution in [0.15, 0.2) is 22.7 Å². The molecule has 0 radical (unpaired) electrons. The third kappa shape index (κ3) is 5.35. The van der Waals surface area contributed by atoms with Crippen LogP contribution in [0, 0.1) is 28.9 Å². The van der Waals surface area contributed by atoms with Crippen LogP contribution in [-0.2, 0) is 22.3 Å². The lowest BCUT2D eigenvalue weighted by atomic mass is 10.1. The molecule has 1 saturated carbocycles. The van der Waals surface area contributed by atoms with Gasteiger partial charge in [-0.3, -0.25) is 4.79 Å². The van der Waals surface area contributed by atoms with Crippen LogP contribution < -0.4 is 0 Å². The third-order valence-electron chi connectivity index (χ3n) is 4.29. The Kier molecular flexibility index (Phi) is 7.70. The number of carbonyl (C=O) groups is 1. The second-order valence-electron chi connectivity index (χ2n) is 6.28. The molecule has 0 amide bonds. The van der Waals surface area contributed by atoms with Crippen molar-refractivity contribution in [3.8, 4) is 0 Å². The van der Waals surface area contributed by atoms with E-state index in [-0.39, 0.29) is 10.4 Å². The highest BCUT2D eigenvalue weighted by molar-refractivity contribution is 6.55. The number of hydrogen-bond acceptors (Lipinski definition) is 2. The van der Waals surface area contributed by atoms with E-state index in [4.69, 9.17) is 27.9 Å². The first kappa shape index (κ1) is 23.7. The minimum absolute atomic E-state index is 0.0206. The quantitative estimate of drug-likeness (QED) is 0.393. The van der Waals surface area contributed by atoms with E-state index < -0.39 is 52.8 Å². The lowest BCUT2D eigenvalue weighted by Gasteiger charge is -2.13. The number of alkyl halides is 3. The summed E-state index contributed by atoms with van der Waals surface area (Å²) in [6.07, 6.45) is -3.73. The fourth-order valence-electron chi connectivity index (χ4n) is 2.78. The van der Waals surface area contributed by atoms with Crippen LogP contribution >= 0.6 is 23.2 Å². The number of halogens is 7. The van der Waals surface area contributed by atoms with Gasteiger partial charge in [0.25, 0.3) is 0 Å². The Labute approximate surface area is 164 Å². The van der Waals surface area contributed by atoms with Crippen LogP contribution in [0.1, 0.15) is 38.8 Å². The molecule has 0 spiro atoms. The van der Waals surface area contributed by atoms with Gasteiger partial charge in [0, 0.05) is 5.56 Å². The molecule has 9 heteroatoms. The summed E-state index contributed by atoms with van der Waals surface area (Å²) >= 11 is 11.1. The Morgan fingerprint density at radius 1 is 1.22 bits per heavy atom. The smallest absolute Gasteiger partial charge is 0.422 e. The van der Waals surface area contributed by atoms with Crippen LogP contribution in [0.25, 0.3) is 0 Å². The van der Waals surface area contributed by atoms with Crippen molar-refractivity contribution in [3.63, 3.8) is 0 Å². The third-order valence-corrected chi connectivity index (χ3v) is 4.55.